The summed E-state index contributed by atoms with van der Waals surface area (Å²) in [7, 11) is 1.84. The number of nitrogens with zero attached hydrogens (tertiary/aromatic N) is 3. The van der Waals surface area contributed by atoms with Gasteiger partial charge in [0.05, 0.1) is 17.3 Å². The number of nitrogens with one attached hydrogen (secondary N) is 1. The van der Waals surface area contributed by atoms with Crippen molar-refractivity contribution in [3.05, 3.63) is 41.3 Å². The topological polar surface area (TPSA) is 62.9 Å². The largest absolute Gasteiger partial charge is 0.475 e. The summed E-state index contributed by atoms with van der Waals surface area (Å²) in [6, 6.07) is 6.01. The summed E-state index contributed by atoms with van der Waals surface area (Å²) >= 11 is 0. The fourth-order valence-electron chi connectivity index (χ4n) is 1.74. The molecule has 0 saturated heterocycles. The molecule has 20 heavy (non-hydrogen) atoms. The number of ether oxygens (including phenoxy) is 1. The standard InChI is InChI=1S/C14H15FN4O/c1-10-9-19(18-14(10)20-4-3-17-2)13-6-11(8-16)5-12(15)7-13/h5-7,9,17H,3-4H2,1-2H3. The van der Waals surface area contributed by atoms with Crippen LogP contribution in [0.5, 0.6) is 5.88 Å². The second kappa shape index (κ2) is 6.17. The van der Waals surface area contributed by atoms with Crippen molar-refractivity contribution in [2.24, 2.45) is 0 Å². The van der Waals surface area contributed by atoms with Gasteiger partial charge < -0.3 is 10.1 Å². The predicted octanol–water partition coefficient (Wildman–Crippen LogP) is 1.79. The Morgan fingerprint density at radius 3 is 2.95 bits per heavy atom. The minimum Gasteiger partial charge on any atom is -0.475 e. The van der Waals surface area contributed by atoms with Crippen LogP contribution in [0.4, 0.5) is 4.39 Å². The van der Waals surface area contributed by atoms with Gasteiger partial charge >= 0.3 is 0 Å². The van der Waals surface area contributed by atoms with E-state index in [1.807, 2.05) is 20.0 Å². The average Bonchev–Trinajstić information content (AvgIpc) is 2.80. The number of rotatable bonds is 5. The number of aromatic nitrogens is 2. The molecule has 0 aliphatic carbocycles. The minimum atomic E-state index is -0.468. The van der Waals surface area contributed by atoms with Crippen molar-refractivity contribution < 1.29 is 9.13 Å². The molecule has 1 aromatic heterocycles. The van der Waals surface area contributed by atoms with Gasteiger partial charge in [0, 0.05) is 18.3 Å². The van der Waals surface area contributed by atoms with E-state index >= 15 is 0 Å². The van der Waals surface area contributed by atoms with Gasteiger partial charge in [-0.25, -0.2) is 9.07 Å². The van der Waals surface area contributed by atoms with Crippen molar-refractivity contribution in [1.82, 2.24) is 15.1 Å². The number of hydrogen-bond acceptors (Lipinski definition) is 4. The van der Waals surface area contributed by atoms with Crippen molar-refractivity contribution in [2.75, 3.05) is 20.2 Å². The molecule has 2 rings (SSSR count). The van der Waals surface area contributed by atoms with Crippen LogP contribution in [0.3, 0.4) is 0 Å². The first-order valence-corrected chi connectivity index (χ1v) is 6.19. The minimum absolute atomic E-state index is 0.255. The van der Waals surface area contributed by atoms with Crippen LogP contribution in [0.2, 0.25) is 0 Å². The number of nitriles is 1. The fraction of sp³-hybridized carbons (Fsp3) is 0.286. The second-order valence-electron chi connectivity index (χ2n) is 4.32. The van der Waals surface area contributed by atoms with E-state index in [0.29, 0.717) is 24.7 Å². The van der Waals surface area contributed by atoms with Crippen molar-refractivity contribution in [3.8, 4) is 17.6 Å². The first-order chi connectivity index (χ1) is 9.63. The Kier molecular flexibility index (Phi) is 4.33. The highest BCUT2D eigenvalue weighted by Gasteiger charge is 2.09. The smallest absolute Gasteiger partial charge is 0.236 e. The molecule has 1 aromatic carbocycles. The third-order valence-electron chi connectivity index (χ3n) is 2.72. The van der Waals surface area contributed by atoms with Crippen LogP contribution in [0.25, 0.3) is 5.69 Å². The molecule has 0 aliphatic heterocycles. The van der Waals surface area contributed by atoms with Gasteiger partial charge in [-0.3, -0.25) is 0 Å². The van der Waals surface area contributed by atoms with E-state index in [2.05, 4.69) is 10.4 Å². The van der Waals surface area contributed by atoms with E-state index in [0.717, 1.165) is 5.56 Å². The normalized spacial score (nSPS) is 10.3. The highest BCUT2D eigenvalue weighted by atomic mass is 19.1. The van der Waals surface area contributed by atoms with E-state index in [1.165, 1.54) is 16.8 Å². The number of halogens is 1. The maximum Gasteiger partial charge on any atom is 0.236 e. The Morgan fingerprint density at radius 2 is 2.25 bits per heavy atom. The Hall–Kier alpha value is -2.39. The summed E-state index contributed by atoms with van der Waals surface area (Å²) in [5.74, 6) is 0.0351. The van der Waals surface area contributed by atoms with E-state index < -0.39 is 5.82 Å². The zero-order valence-corrected chi connectivity index (χ0v) is 11.4. The number of hydrogen-bond donors (Lipinski definition) is 1. The molecule has 104 valence electrons. The molecule has 0 amide bonds. The first kappa shape index (κ1) is 14.0. The molecule has 0 spiro atoms. The molecule has 0 aliphatic rings. The molecule has 0 unspecified atom stereocenters. The van der Waals surface area contributed by atoms with Gasteiger partial charge in [0.2, 0.25) is 5.88 Å². The van der Waals surface area contributed by atoms with E-state index in [4.69, 9.17) is 10.00 Å². The monoisotopic (exact) mass is 274 g/mol. The third-order valence-corrected chi connectivity index (χ3v) is 2.72. The maximum absolute atomic E-state index is 13.4. The summed E-state index contributed by atoms with van der Waals surface area (Å²) in [6.45, 7) is 3.08. The molecular formula is C14H15FN4O. The average molecular weight is 274 g/mol. The van der Waals surface area contributed by atoms with Gasteiger partial charge in [-0.2, -0.15) is 5.26 Å². The van der Waals surface area contributed by atoms with Crippen molar-refractivity contribution in [1.29, 1.82) is 5.26 Å². The Morgan fingerprint density at radius 1 is 1.45 bits per heavy atom. The molecule has 0 atom stereocenters. The maximum atomic E-state index is 13.4. The van der Waals surface area contributed by atoms with Crippen LogP contribution in [-0.2, 0) is 0 Å². The quantitative estimate of drug-likeness (QED) is 0.844. The van der Waals surface area contributed by atoms with E-state index in [-0.39, 0.29) is 5.56 Å². The Labute approximate surface area is 116 Å². The Balaban J connectivity index is 2.27. The lowest BCUT2D eigenvalue weighted by atomic mass is 10.2. The van der Waals surface area contributed by atoms with Crippen LogP contribution in [0.15, 0.2) is 24.4 Å². The molecule has 1 heterocycles. The number of benzene rings is 1. The third kappa shape index (κ3) is 3.13. The molecular weight excluding hydrogens is 259 g/mol. The zero-order valence-electron chi connectivity index (χ0n) is 11.4. The molecule has 0 fully saturated rings. The molecule has 0 saturated carbocycles. The van der Waals surface area contributed by atoms with Gasteiger partial charge in [-0.05, 0) is 32.2 Å². The summed E-state index contributed by atoms with van der Waals surface area (Å²) in [5, 5.41) is 16.1. The lowest BCUT2D eigenvalue weighted by Crippen LogP contribution is -2.16. The highest BCUT2D eigenvalue weighted by molar-refractivity contribution is 5.42. The summed E-state index contributed by atoms with van der Waals surface area (Å²) in [4.78, 5) is 0. The van der Waals surface area contributed by atoms with Crippen molar-refractivity contribution >= 4 is 0 Å². The van der Waals surface area contributed by atoms with Gasteiger partial charge in [0.1, 0.15) is 12.4 Å². The van der Waals surface area contributed by atoms with Crippen molar-refractivity contribution in [3.63, 3.8) is 0 Å². The van der Waals surface area contributed by atoms with Crippen LogP contribution < -0.4 is 10.1 Å². The van der Waals surface area contributed by atoms with Crippen LogP contribution in [-0.4, -0.2) is 30.0 Å². The molecule has 2 aromatic rings. The number of likely N-dealkylation sites (N-methyl/N-ethyl adjacent to an activating group) is 1. The van der Waals surface area contributed by atoms with Gasteiger partial charge in [-0.15, -0.1) is 5.10 Å². The van der Waals surface area contributed by atoms with Gasteiger partial charge in [0.15, 0.2) is 0 Å². The van der Waals surface area contributed by atoms with E-state index in [9.17, 15) is 4.39 Å². The highest BCUT2D eigenvalue weighted by Crippen LogP contribution is 2.19. The molecule has 1 N–H and O–H groups in total. The molecule has 0 bridgehead atoms. The SMILES string of the molecule is CNCCOc1nn(-c2cc(F)cc(C#N)c2)cc1C. The second-order valence-corrected chi connectivity index (χ2v) is 4.32. The van der Waals surface area contributed by atoms with Gasteiger partial charge in [0.25, 0.3) is 0 Å². The summed E-state index contributed by atoms with van der Waals surface area (Å²) in [5.41, 5.74) is 1.60. The van der Waals surface area contributed by atoms with Crippen LogP contribution in [0, 0.1) is 24.1 Å². The molecule has 0 radical (unpaired) electrons. The predicted molar refractivity (Wildman–Crippen MR) is 72.4 cm³/mol. The molecule has 6 heteroatoms. The lowest BCUT2D eigenvalue weighted by molar-refractivity contribution is 0.302. The van der Waals surface area contributed by atoms with Crippen LogP contribution >= 0.6 is 0 Å². The van der Waals surface area contributed by atoms with Gasteiger partial charge in [-0.1, -0.05) is 0 Å². The number of aryl methyl sites for hydroxylation is 1. The fourth-order valence-corrected chi connectivity index (χ4v) is 1.74. The summed E-state index contributed by atoms with van der Waals surface area (Å²) in [6.07, 6.45) is 1.74. The molecule has 5 nitrogen and oxygen atoms in total. The van der Waals surface area contributed by atoms with E-state index in [1.54, 1.807) is 12.3 Å². The lowest BCUT2D eigenvalue weighted by Gasteiger charge is -2.03. The zero-order chi connectivity index (χ0) is 14.5. The Bertz CT molecular complexity index is 645. The van der Waals surface area contributed by atoms with Crippen LogP contribution in [0.1, 0.15) is 11.1 Å². The van der Waals surface area contributed by atoms with Crippen molar-refractivity contribution in [2.45, 2.75) is 6.92 Å². The summed E-state index contributed by atoms with van der Waals surface area (Å²) < 4.78 is 20.4. The first-order valence-electron chi connectivity index (χ1n) is 6.19.